The number of carbonyl (C=O) groups excluding carboxylic acids is 2. The van der Waals surface area contributed by atoms with E-state index in [-0.39, 0.29) is 11.8 Å². The summed E-state index contributed by atoms with van der Waals surface area (Å²) in [6, 6.07) is 7.56. The molecule has 1 aliphatic heterocycles. The first kappa shape index (κ1) is 13.7. The van der Waals surface area contributed by atoms with Crippen LogP contribution in [0.4, 0.5) is 0 Å². The normalized spacial score (nSPS) is 17.9. The number of amides is 2. The van der Waals surface area contributed by atoms with Gasteiger partial charge in [0, 0.05) is 24.0 Å². The van der Waals surface area contributed by atoms with Crippen molar-refractivity contribution in [2.75, 3.05) is 13.1 Å². The minimum atomic E-state index is -0.874. The van der Waals surface area contributed by atoms with E-state index in [4.69, 9.17) is 4.42 Å². The van der Waals surface area contributed by atoms with Crippen LogP contribution in [0.3, 0.4) is 0 Å². The largest absolute Gasteiger partial charge is 0.451 e. The van der Waals surface area contributed by atoms with Crippen LogP contribution in [0.2, 0.25) is 0 Å². The highest BCUT2D eigenvalue weighted by atomic mass is 16.3. The van der Waals surface area contributed by atoms with Gasteiger partial charge in [-0.15, -0.1) is 0 Å². The third-order valence-corrected chi connectivity index (χ3v) is 4.13. The number of benzene rings is 1. The third kappa shape index (κ3) is 2.00. The molecule has 0 aliphatic carbocycles. The zero-order chi connectivity index (χ0) is 15.2. The first-order valence-corrected chi connectivity index (χ1v) is 7.01. The molecule has 1 aromatic carbocycles. The fourth-order valence-electron chi connectivity index (χ4n) is 2.76. The predicted octanol–water partition coefficient (Wildman–Crippen LogP) is 2.09. The van der Waals surface area contributed by atoms with Crippen LogP contribution in [0.15, 0.2) is 28.7 Å². The number of piperazine rings is 1. The Bertz CT molecular complexity index is 730. The molecule has 5 nitrogen and oxygen atoms in total. The average Bonchev–Trinajstić information content (AvgIpc) is 2.79. The smallest absolute Gasteiger partial charge is 0.290 e. The van der Waals surface area contributed by atoms with Crippen molar-refractivity contribution < 1.29 is 14.0 Å². The molecule has 1 fully saturated rings. The molecule has 0 bridgehead atoms. The van der Waals surface area contributed by atoms with Crippen molar-refractivity contribution in [2.45, 2.75) is 26.3 Å². The fraction of sp³-hybridized carbons (Fsp3) is 0.375. The van der Waals surface area contributed by atoms with Crippen molar-refractivity contribution in [1.29, 1.82) is 0 Å². The molecule has 0 unspecified atom stereocenters. The van der Waals surface area contributed by atoms with Crippen LogP contribution in [0.5, 0.6) is 0 Å². The lowest BCUT2D eigenvalue weighted by atomic mass is 9.98. The maximum Gasteiger partial charge on any atom is 0.290 e. The highest BCUT2D eigenvalue weighted by molar-refractivity contribution is 6.02. The van der Waals surface area contributed by atoms with Gasteiger partial charge in [-0.3, -0.25) is 9.59 Å². The van der Waals surface area contributed by atoms with Crippen LogP contribution in [0.25, 0.3) is 11.0 Å². The van der Waals surface area contributed by atoms with Gasteiger partial charge in [-0.1, -0.05) is 18.2 Å². The number of para-hydroxylation sites is 1. The van der Waals surface area contributed by atoms with Crippen LogP contribution in [0, 0.1) is 6.92 Å². The Balaban J connectivity index is 2.04. The number of furan rings is 1. The second-order valence-corrected chi connectivity index (χ2v) is 5.82. The summed E-state index contributed by atoms with van der Waals surface area (Å²) in [5.74, 6) is -0.0570. The second-order valence-electron chi connectivity index (χ2n) is 5.82. The van der Waals surface area contributed by atoms with Crippen LogP contribution in [0.1, 0.15) is 30.0 Å². The Hall–Kier alpha value is -2.30. The quantitative estimate of drug-likeness (QED) is 0.873. The Labute approximate surface area is 122 Å². The van der Waals surface area contributed by atoms with Gasteiger partial charge in [0.2, 0.25) is 5.91 Å². The summed E-state index contributed by atoms with van der Waals surface area (Å²) < 4.78 is 5.72. The van der Waals surface area contributed by atoms with Gasteiger partial charge in [0.1, 0.15) is 11.1 Å². The summed E-state index contributed by atoms with van der Waals surface area (Å²) in [5.41, 5.74) is 0.635. The number of carbonyl (C=O) groups is 2. The van der Waals surface area contributed by atoms with Crippen molar-refractivity contribution >= 4 is 22.8 Å². The molecule has 0 spiro atoms. The average molecular weight is 286 g/mol. The van der Waals surface area contributed by atoms with E-state index in [0.717, 1.165) is 10.9 Å². The second kappa shape index (κ2) is 4.62. The van der Waals surface area contributed by atoms with Crippen LogP contribution in [-0.4, -0.2) is 35.3 Å². The van der Waals surface area contributed by atoms with E-state index in [9.17, 15) is 9.59 Å². The van der Waals surface area contributed by atoms with E-state index < -0.39 is 5.54 Å². The number of hydrogen-bond donors (Lipinski definition) is 1. The van der Waals surface area contributed by atoms with Gasteiger partial charge in [0.15, 0.2) is 5.76 Å². The van der Waals surface area contributed by atoms with Crippen molar-refractivity contribution in [3.63, 3.8) is 0 Å². The monoisotopic (exact) mass is 286 g/mol. The highest BCUT2D eigenvalue weighted by Crippen LogP contribution is 2.28. The highest BCUT2D eigenvalue weighted by Gasteiger charge is 2.42. The molecule has 0 saturated carbocycles. The lowest BCUT2D eigenvalue weighted by Gasteiger charge is -2.40. The molecule has 1 aliphatic rings. The van der Waals surface area contributed by atoms with Gasteiger partial charge in [-0.25, -0.2) is 0 Å². The SMILES string of the molecule is Cc1c(C(=O)N2CCNC(=O)C2(C)C)oc2ccccc12. The van der Waals surface area contributed by atoms with Crippen LogP contribution < -0.4 is 5.32 Å². The van der Waals surface area contributed by atoms with Gasteiger partial charge in [0.25, 0.3) is 5.91 Å². The third-order valence-electron chi connectivity index (χ3n) is 4.13. The Morgan fingerprint density at radius 2 is 2.05 bits per heavy atom. The summed E-state index contributed by atoms with van der Waals surface area (Å²) in [7, 11) is 0. The molecule has 110 valence electrons. The zero-order valence-corrected chi connectivity index (χ0v) is 12.4. The molecule has 5 heteroatoms. The standard InChI is InChI=1S/C16H18N2O3/c1-10-11-6-4-5-7-12(11)21-13(10)14(19)18-9-8-17-15(20)16(18,2)3/h4-7H,8-9H2,1-3H3,(H,17,20). The maximum absolute atomic E-state index is 12.8. The number of aryl methyl sites for hydroxylation is 1. The van der Waals surface area contributed by atoms with E-state index in [1.54, 1.807) is 18.7 Å². The van der Waals surface area contributed by atoms with Crippen LogP contribution in [-0.2, 0) is 4.79 Å². The van der Waals surface area contributed by atoms with E-state index >= 15 is 0 Å². The number of rotatable bonds is 1. The Kier molecular flexibility index (Phi) is 3.01. The lowest BCUT2D eigenvalue weighted by Crippen LogP contribution is -2.63. The van der Waals surface area contributed by atoms with Gasteiger partial charge in [-0.05, 0) is 26.8 Å². The van der Waals surface area contributed by atoms with Gasteiger partial charge < -0.3 is 14.6 Å². The van der Waals surface area contributed by atoms with Gasteiger partial charge in [0.05, 0.1) is 0 Å². The van der Waals surface area contributed by atoms with Gasteiger partial charge in [-0.2, -0.15) is 0 Å². The molecule has 0 atom stereocenters. The van der Waals surface area contributed by atoms with E-state index in [1.807, 2.05) is 31.2 Å². The molecule has 2 heterocycles. The molecule has 21 heavy (non-hydrogen) atoms. The van der Waals surface area contributed by atoms with Crippen molar-refractivity contribution in [3.05, 3.63) is 35.6 Å². The molecule has 2 aromatic rings. The van der Waals surface area contributed by atoms with E-state index in [1.165, 1.54) is 0 Å². The lowest BCUT2D eigenvalue weighted by molar-refractivity contribution is -0.133. The van der Waals surface area contributed by atoms with Crippen molar-refractivity contribution in [2.24, 2.45) is 0 Å². The summed E-state index contributed by atoms with van der Waals surface area (Å²) in [5, 5.41) is 3.72. The molecule has 1 saturated heterocycles. The molecule has 2 amide bonds. The summed E-state index contributed by atoms with van der Waals surface area (Å²) >= 11 is 0. The Morgan fingerprint density at radius 1 is 1.33 bits per heavy atom. The molecule has 1 aromatic heterocycles. The number of hydrogen-bond acceptors (Lipinski definition) is 3. The summed E-state index contributed by atoms with van der Waals surface area (Å²) in [6.45, 7) is 6.31. The van der Waals surface area contributed by atoms with Crippen LogP contribution >= 0.6 is 0 Å². The van der Waals surface area contributed by atoms with Crippen molar-refractivity contribution in [1.82, 2.24) is 10.2 Å². The summed E-state index contributed by atoms with van der Waals surface area (Å²) in [4.78, 5) is 26.4. The summed E-state index contributed by atoms with van der Waals surface area (Å²) in [6.07, 6.45) is 0. The van der Waals surface area contributed by atoms with Gasteiger partial charge >= 0.3 is 0 Å². The molecular weight excluding hydrogens is 268 g/mol. The van der Waals surface area contributed by atoms with Crippen molar-refractivity contribution in [3.8, 4) is 0 Å². The first-order chi connectivity index (χ1) is 9.93. The number of fused-ring (bicyclic) bond motifs is 1. The molecule has 0 radical (unpaired) electrons. The molecule has 1 N–H and O–H groups in total. The Morgan fingerprint density at radius 3 is 2.76 bits per heavy atom. The molecular formula is C16H18N2O3. The fourth-order valence-corrected chi connectivity index (χ4v) is 2.76. The van der Waals surface area contributed by atoms with E-state index in [2.05, 4.69) is 5.32 Å². The zero-order valence-electron chi connectivity index (χ0n) is 12.4. The predicted molar refractivity (Wildman–Crippen MR) is 79.1 cm³/mol. The number of nitrogens with zero attached hydrogens (tertiary/aromatic N) is 1. The topological polar surface area (TPSA) is 62.6 Å². The maximum atomic E-state index is 12.8. The molecule has 3 rings (SSSR count). The minimum absolute atomic E-state index is 0.143. The number of nitrogens with one attached hydrogen (secondary N) is 1. The van der Waals surface area contributed by atoms with E-state index in [0.29, 0.717) is 24.4 Å². The minimum Gasteiger partial charge on any atom is -0.451 e. The first-order valence-electron chi connectivity index (χ1n) is 7.01.